The van der Waals surface area contributed by atoms with E-state index in [0.717, 1.165) is 22.6 Å². The molecule has 0 bridgehead atoms. The second kappa shape index (κ2) is 8.18. The number of Topliss-reactive ketones (excluding diaryl/α,β-unsaturated/α-hetero) is 1. The Morgan fingerprint density at radius 1 is 1.04 bits per heavy atom. The second-order valence-electron chi connectivity index (χ2n) is 6.14. The molecular weight excluding hydrogens is 364 g/mol. The molecule has 0 saturated carbocycles. The minimum absolute atomic E-state index is 0.0559. The number of hydrogen-bond acceptors (Lipinski definition) is 4. The zero-order valence-corrected chi connectivity index (χ0v) is 15.9. The lowest BCUT2D eigenvalue weighted by Crippen LogP contribution is -2.16. The third-order valence-corrected chi connectivity index (χ3v) is 4.63. The Bertz CT molecular complexity index is 980. The van der Waals surface area contributed by atoms with Gasteiger partial charge in [0.25, 0.3) is 0 Å². The van der Waals surface area contributed by atoms with Crippen LogP contribution in [0.1, 0.15) is 27.3 Å². The fraction of sp³-hybridized carbons (Fsp3) is 0.190. The third kappa shape index (κ3) is 4.26. The normalized spacial score (nSPS) is 10.6. The van der Waals surface area contributed by atoms with E-state index in [9.17, 15) is 9.59 Å². The van der Waals surface area contributed by atoms with E-state index in [4.69, 9.17) is 16.3 Å². The van der Waals surface area contributed by atoms with Crippen molar-refractivity contribution in [3.8, 4) is 5.69 Å². The maximum Gasteiger partial charge on any atom is 0.310 e. The van der Waals surface area contributed by atoms with Crippen molar-refractivity contribution in [3.63, 3.8) is 0 Å². The molecule has 6 heteroatoms. The molecule has 0 unspecified atom stereocenters. The molecule has 1 heterocycles. The van der Waals surface area contributed by atoms with Crippen molar-refractivity contribution in [1.29, 1.82) is 0 Å². The van der Waals surface area contributed by atoms with Crippen molar-refractivity contribution in [2.24, 2.45) is 0 Å². The van der Waals surface area contributed by atoms with Crippen molar-refractivity contribution in [1.82, 2.24) is 9.78 Å². The van der Waals surface area contributed by atoms with E-state index < -0.39 is 5.97 Å². The largest absolute Gasteiger partial charge is 0.457 e. The van der Waals surface area contributed by atoms with Crippen molar-refractivity contribution in [2.45, 2.75) is 20.3 Å². The van der Waals surface area contributed by atoms with E-state index in [1.807, 2.05) is 44.2 Å². The summed E-state index contributed by atoms with van der Waals surface area (Å²) in [6.07, 6.45) is 0.0559. The standard InChI is InChI=1S/C21H19ClN2O3/c1-14-18(15(2)24(23-14)16-8-4-3-5-9-16)12-21(26)27-13-20(25)17-10-6-7-11-19(17)22/h3-11H,12-13H2,1-2H3. The lowest BCUT2D eigenvalue weighted by molar-refractivity contribution is -0.141. The van der Waals surface area contributed by atoms with Gasteiger partial charge in [-0.15, -0.1) is 0 Å². The molecule has 1 aromatic heterocycles. The maximum absolute atomic E-state index is 12.2. The van der Waals surface area contributed by atoms with Gasteiger partial charge in [-0.05, 0) is 38.1 Å². The van der Waals surface area contributed by atoms with Gasteiger partial charge in [0.2, 0.25) is 5.78 Å². The Hall–Kier alpha value is -2.92. The van der Waals surface area contributed by atoms with Crippen LogP contribution in [0.2, 0.25) is 5.02 Å². The second-order valence-corrected chi connectivity index (χ2v) is 6.54. The molecule has 0 radical (unpaired) electrons. The van der Waals surface area contributed by atoms with Crippen molar-refractivity contribution >= 4 is 23.4 Å². The van der Waals surface area contributed by atoms with E-state index in [1.165, 1.54) is 0 Å². The summed E-state index contributed by atoms with van der Waals surface area (Å²) < 4.78 is 6.96. The number of carbonyl (C=O) groups excluding carboxylic acids is 2. The topological polar surface area (TPSA) is 61.2 Å². The number of para-hydroxylation sites is 1. The Kier molecular flexibility index (Phi) is 5.72. The first-order valence-corrected chi connectivity index (χ1v) is 8.89. The molecule has 0 N–H and O–H groups in total. The fourth-order valence-corrected chi connectivity index (χ4v) is 3.10. The molecule has 2 aromatic carbocycles. The van der Waals surface area contributed by atoms with Gasteiger partial charge in [-0.3, -0.25) is 9.59 Å². The van der Waals surface area contributed by atoms with Crippen LogP contribution in [0.3, 0.4) is 0 Å². The fourth-order valence-electron chi connectivity index (χ4n) is 2.86. The van der Waals surface area contributed by atoms with Gasteiger partial charge in [0.15, 0.2) is 6.61 Å². The Labute approximate surface area is 162 Å². The highest BCUT2D eigenvalue weighted by molar-refractivity contribution is 6.34. The van der Waals surface area contributed by atoms with Crippen LogP contribution in [0.4, 0.5) is 0 Å². The summed E-state index contributed by atoms with van der Waals surface area (Å²) in [5, 5.41) is 4.85. The summed E-state index contributed by atoms with van der Waals surface area (Å²) in [4.78, 5) is 24.4. The molecule has 0 aliphatic rings. The van der Waals surface area contributed by atoms with Crippen LogP contribution in [0, 0.1) is 13.8 Å². The highest BCUT2D eigenvalue weighted by Crippen LogP contribution is 2.19. The summed E-state index contributed by atoms with van der Waals surface area (Å²) in [5.74, 6) is -0.809. The zero-order valence-electron chi connectivity index (χ0n) is 15.1. The van der Waals surface area contributed by atoms with Crippen LogP contribution in [0.15, 0.2) is 54.6 Å². The van der Waals surface area contributed by atoms with Gasteiger partial charge in [-0.1, -0.05) is 41.9 Å². The number of hydrogen-bond donors (Lipinski definition) is 0. The van der Waals surface area contributed by atoms with E-state index in [-0.39, 0.29) is 18.8 Å². The minimum atomic E-state index is -0.478. The first-order chi connectivity index (χ1) is 13.0. The number of rotatable bonds is 6. The molecule has 5 nitrogen and oxygen atoms in total. The summed E-state index contributed by atoms with van der Waals surface area (Å²) in [6, 6.07) is 16.4. The quantitative estimate of drug-likeness (QED) is 0.475. The van der Waals surface area contributed by atoms with Crippen molar-refractivity contribution in [3.05, 3.63) is 82.1 Å². The Morgan fingerprint density at radius 2 is 1.70 bits per heavy atom. The molecule has 0 amide bonds. The molecule has 0 fully saturated rings. The molecule has 3 aromatic rings. The highest BCUT2D eigenvalue weighted by Gasteiger charge is 2.18. The number of halogens is 1. The number of aryl methyl sites for hydroxylation is 1. The third-order valence-electron chi connectivity index (χ3n) is 4.30. The molecule has 0 aliphatic heterocycles. The monoisotopic (exact) mass is 382 g/mol. The molecule has 0 saturated heterocycles. The Morgan fingerprint density at radius 3 is 2.41 bits per heavy atom. The van der Waals surface area contributed by atoms with Crippen molar-refractivity contribution < 1.29 is 14.3 Å². The summed E-state index contributed by atoms with van der Waals surface area (Å²) >= 11 is 5.99. The number of benzene rings is 2. The smallest absolute Gasteiger partial charge is 0.310 e. The number of nitrogens with zero attached hydrogens (tertiary/aromatic N) is 2. The van der Waals surface area contributed by atoms with E-state index in [0.29, 0.717) is 10.6 Å². The first-order valence-electron chi connectivity index (χ1n) is 8.51. The van der Waals surface area contributed by atoms with Gasteiger partial charge in [-0.2, -0.15) is 5.10 Å². The summed E-state index contributed by atoms with van der Waals surface area (Å²) in [6.45, 7) is 3.42. The molecule has 0 atom stereocenters. The maximum atomic E-state index is 12.2. The first kappa shape index (κ1) is 18.9. The molecule has 138 valence electrons. The van der Waals surface area contributed by atoms with E-state index in [1.54, 1.807) is 28.9 Å². The molecule has 3 rings (SSSR count). The van der Waals surface area contributed by atoms with Gasteiger partial charge < -0.3 is 4.74 Å². The van der Waals surface area contributed by atoms with E-state index in [2.05, 4.69) is 5.10 Å². The molecule has 0 spiro atoms. The van der Waals surface area contributed by atoms with Gasteiger partial charge in [0.05, 0.1) is 22.8 Å². The van der Waals surface area contributed by atoms with Crippen molar-refractivity contribution in [2.75, 3.05) is 6.61 Å². The number of ether oxygens (including phenoxy) is 1. The van der Waals surface area contributed by atoms with Crippen LogP contribution in [-0.4, -0.2) is 28.1 Å². The van der Waals surface area contributed by atoms with Gasteiger partial charge in [-0.25, -0.2) is 4.68 Å². The van der Waals surface area contributed by atoms with Crippen LogP contribution < -0.4 is 0 Å². The SMILES string of the molecule is Cc1nn(-c2ccccc2)c(C)c1CC(=O)OCC(=O)c1ccccc1Cl. The predicted octanol–water partition coefficient (Wildman–Crippen LogP) is 4.11. The average molecular weight is 383 g/mol. The van der Waals surface area contributed by atoms with Crippen LogP contribution in [0.5, 0.6) is 0 Å². The zero-order chi connectivity index (χ0) is 19.4. The van der Waals surface area contributed by atoms with Gasteiger partial charge >= 0.3 is 5.97 Å². The van der Waals surface area contributed by atoms with Gasteiger partial charge in [0, 0.05) is 16.8 Å². The highest BCUT2D eigenvalue weighted by atomic mass is 35.5. The predicted molar refractivity (Wildman–Crippen MR) is 103 cm³/mol. The van der Waals surface area contributed by atoms with Crippen LogP contribution in [-0.2, 0) is 16.0 Å². The number of ketones is 1. The van der Waals surface area contributed by atoms with E-state index >= 15 is 0 Å². The number of carbonyl (C=O) groups is 2. The molecule has 27 heavy (non-hydrogen) atoms. The van der Waals surface area contributed by atoms with Crippen LogP contribution >= 0.6 is 11.6 Å². The lowest BCUT2D eigenvalue weighted by atomic mass is 10.1. The van der Waals surface area contributed by atoms with Gasteiger partial charge in [0.1, 0.15) is 0 Å². The number of esters is 1. The summed E-state index contributed by atoms with van der Waals surface area (Å²) in [5.41, 5.74) is 3.69. The number of aromatic nitrogens is 2. The Balaban J connectivity index is 1.67. The molecular formula is C21H19ClN2O3. The average Bonchev–Trinajstić information content (AvgIpc) is 2.95. The van der Waals surface area contributed by atoms with Crippen LogP contribution in [0.25, 0.3) is 5.69 Å². The lowest BCUT2D eigenvalue weighted by Gasteiger charge is -2.07. The summed E-state index contributed by atoms with van der Waals surface area (Å²) in [7, 11) is 0. The minimum Gasteiger partial charge on any atom is -0.457 e. The molecule has 0 aliphatic carbocycles.